The van der Waals surface area contributed by atoms with E-state index >= 15 is 0 Å². The zero-order valence-electron chi connectivity index (χ0n) is 37.9. The zero-order chi connectivity index (χ0) is 52.9. The van der Waals surface area contributed by atoms with E-state index in [4.69, 9.17) is 62.7 Å². The van der Waals surface area contributed by atoms with Crippen molar-refractivity contribution in [2.45, 2.75) is 82.7 Å². The first-order chi connectivity index (χ1) is 32.2. The summed E-state index contributed by atoms with van der Waals surface area (Å²) >= 11 is 23.3. The third-order valence-electron chi connectivity index (χ3n) is 10.5. The smallest absolute Gasteiger partial charge is 0.471 e. The fourth-order valence-electron chi connectivity index (χ4n) is 7.11. The van der Waals surface area contributed by atoms with Crippen molar-refractivity contribution >= 4 is 85.6 Å². The Balaban J connectivity index is 0.000000261. The molecule has 0 bridgehead atoms. The van der Waals surface area contributed by atoms with E-state index in [1.165, 1.54) is 55.5 Å². The number of nitriles is 2. The van der Waals surface area contributed by atoms with Crippen LogP contribution in [-0.4, -0.2) is 59.0 Å². The van der Waals surface area contributed by atoms with Gasteiger partial charge in [0, 0.05) is 23.2 Å². The molecule has 3 atom stereocenters. The van der Waals surface area contributed by atoms with Gasteiger partial charge >= 0.3 is 12.1 Å². The number of nitrogens with two attached hydrogens (primary N) is 1. The lowest BCUT2D eigenvalue weighted by molar-refractivity contribution is -0.194. The number of nitrogens with one attached hydrogen (secondary N) is 1. The summed E-state index contributed by atoms with van der Waals surface area (Å²) in [5.41, 5.74) is 5.05. The fraction of sp³-hybridized carbons (Fsp3) is 0.271. The summed E-state index contributed by atoms with van der Waals surface area (Å²) in [4.78, 5) is 40.5. The van der Waals surface area contributed by atoms with E-state index in [0.29, 0.717) is 21.6 Å². The highest BCUT2D eigenvalue weighted by Crippen LogP contribution is 2.47. The SMILES string of the molecule is CC(C)(C)[C@@H]1N(c2cc(Cl)c(F)c(Cl)c2)C(=O)[C@@](C)(Cc2ccc(C#N)cc2)N1C(=O)C(F)(F)F.C[C@@](N)(Cc1ccc(C#N)cc1)C(=O)Nc1cc(Cl)c(F)c(Cl)c1.Cc1ccc(S(=O)(=O)[O-])cc1. The summed E-state index contributed by atoms with van der Waals surface area (Å²) in [5.74, 6) is -5.17. The monoisotopic (exact) mass is 1070 g/mol. The number of hydrogen-bond donors (Lipinski definition) is 2. The van der Waals surface area contributed by atoms with E-state index in [2.05, 4.69) is 5.32 Å². The molecule has 0 aromatic heterocycles. The van der Waals surface area contributed by atoms with E-state index in [-0.39, 0.29) is 39.2 Å². The van der Waals surface area contributed by atoms with Crippen LogP contribution in [0.2, 0.25) is 20.1 Å². The lowest BCUT2D eigenvalue weighted by atomic mass is 9.87. The van der Waals surface area contributed by atoms with Crippen molar-refractivity contribution in [3.8, 4) is 12.1 Å². The molecular weight excluding hydrogens is 1030 g/mol. The van der Waals surface area contributed by atoms with Crippen molar-refractivity contribution in [1.29, 1.82) is 10.5 Å². The molecule has 1 aliphatic rings. The molecule has 1 heterocycles. The molecule has 0 spiro atoms. The largest absolute Gasteiger partial charge is 0.744 e. The van der Waals surface area contributed by atoms with Crippen LogP contribution in [0.25, 0.3) is 0 Å². The quantitative estimate of drug-likeness (QED) is 0.0862. The summed E-state index contributed by atoms with van der Waals surface area (Å²) in [6, 6.07) is 27.2. The van der Waals surface area contributed by atoms with Gasteiger partial charge in [0.05, 0.1) is 53.8 Å². The van der Waals surface area contributed by atoms with E-state index in [9.17, 15) is 49.3 Å². The molecule has 370 valence electrons. The predicted octanol–water partition coefficient (Wildman–Crippen LogP) is 10.9. The van der Waals surface area contributed by atoms with Gasteiger partial charge in [-0.05, 0) is 99.0 Å². The molecule has 12 nitrogen and oxygen atoms in total. The highest BCUT2D eigenvalue weighted by Gasteiger charge is 2.64. The van der Waals surface area contributed by atoms with Gasteiger partial charge in [-0.2, -0.15) is 23.7 Å². The van der Waals surface area contributed by atoms with Crippen LogP contribution in [0.4, 0.5) is 33.3 Å². The molecule has 5 aromatic carbocycles. The standard InChI is InChI=1S/C24H21Cl2F4N3O2.C17H14Cl2FN3O.C7H8O3S/c1-22(2,3)19-32(15-9-16(25)18(27)17(26)10-15)20(34)23(4,33(19)21(35)24(28,29)30)11-13-5-7-14(12-31)8-6-13;1-17(22,8-10-2-4-11(9-21)5-3-10)16(24)23-12-6-13(18)15(20)14(19)7-12;1-6-2-4-7(5-3-6)11(8,9)10/h5-10,19H,11H2,1-4H3;2-7H,8,22H2,1H3,(H,23,24);2-5H,1H3,(H,8,9,10)/p-1/t19-,23-;17-;/m11./s1. The molecular formula is C48H42Cl4F5N6O6S-. The average molecular weight is 1070 g/mol. The predicted molar refractivity (Wildman–Crippen MR) is 255 cm³/mol. The molecule has 3 N–H and O–H groups in total. The van der Waals surface area contributed by atoms with Crippen LogP contribution in [0.5, 0.6) is 0 Å². The number of carbonyl (C=O) groups excluding carboxylic acids is 3. The number of rotatable bonds is 8. The Morgan fingerprint density at radius 3 is 1.61 bits per heavy atom. The van der Waals surface area contributed by atoms with E-state index in [1.807, 2.05) is 19.1 Å². The maximum atomic E-state index is 14.1. The molecule has 1 fully saturated rings. The van der Waals surface area contributed by atoms with E-state index in [1.54, 1.807) is 64.1 Å². The van der Waals surface area contributed by atoms with Gasteiger partial charge in [0.25, 0.3) is 5.91 Å². The van der Waals surface area contributed by atoms with Crippen LogP contribution < -0.4 is 16.0 Å². The summed E-state index contributed by atoms with van der Waals surface area (Å²) in [5, 5.41) is 19.2. The number of nitrogens with zero attached hydrogens (tertiary/aromatic N) is 4. The Morgan fingerprint density at radius 2 is 1.21 bits per heavy atom. The molecule has 3 amide bonds. The summed E-state index contributed by atoms with van der Waals surface area (Å²) in [6.45, 7) is 9.38. The minimum Gasteiger partial charge on any atom is -0.744 e. The fourth-order valence-corrected chi connectivity index (χ4v) is 8.54. The Morgan fingerprint density at radius 1 is 0.786 bits per heavy atom. The lowest BCUT2D eigenvalue weighted by Gasteiger charge is -2.42. The van der Waals surface area contributed by atoms with Crippen molar-refractivity contribution in [1.82, 2.24) is 4.90 Å². The van der Waals surface area contributed by atoms with Gasteiger partial charge in [-0.15, -0.1) is 0 Å². The van der Waals surface area contributed by atoms with Gasteiger partial charge in [-0.3, -0.25) is 24.2 Å². The number of amides is 3. The molecule has 22 heteroatoms. The number of anilines is 2. The second-order valence-electron chi connectivity index (χ2n) is 17.4. The molecule has 0 aliphatic carbocycles. The molecule has 1 aliphatic heterocycles. The molecule has 0 saturated carbocycles. The molecule has 0 unspecified atom stereocenters. The van der Waals surface area contributed by atoms with Crippen molar-refractivity contribution in [2.24, 2.45) is 11.1 Å². The molecule has 5 aromatic rings. The van der Waals surface area contributed by atoms with Crippen molar-refractivity contribution in [3.63, 3.8) is 0 Å². The Labute approximate surface area is 421 Å². The van der Waals surface area contributed by atoms with Crippen LogP contribution in [-0.2, 0) is 37.3 Å². The van der Waals surface area contributed by atoms with Crippen LogP contribution in [0.1, 0.15) is 62.4 Å². The first kappa shape index (κ1) is 56.8. The normalized spacial score (nSPS) is 16.7. The van der Waals surface area contributed by atoms with Gasteiger partial charge in [0.2, 0.25) is 5.91 Å². The third kappa shape index (κ3) is 13.7. The maximum Gasteiger partial charge on any atom is 0.471 e. The van der Waals surface area contributed by atoms with E-state index < -0.39 is 78.4 Å². The number of carbonyl (C=O) groups is 3. The maximum absolute atomic E-state index is 14.1. The topological polar surface area (TPSA) is 201 Å². The second-order valence-corrected chi connectivity index (χ2v) is 20.5. The average Bonchev–Trinajstić information content (AvgIpc) is 3.50. The van der Waals surface area contributed by atoms with Gasteiger partial charge in [-0.1, -0.05) is 109 Å². The van der Waals surface area contributed by atoms with Crippen LogP contribution in [0.15, 0.2) is 102 Å². The number of alkyl halides is 3. The summed E-state index contributed by atoms with van der Waals surface area (Å²) in [6.07, 6.45) is -6.70. The van der Waals surface area contributed by atoms with Gasteiger partial charge in [0.15, 0.2) is 11.6 Å². The zero-order valence-corrected chi connectivity index (χ0v) is 41.7. The van der Waals surface area contributed by atoms with Gasteiger partial charge < -0.3 is 15.6 Å². The highest BCUT2D eigenvalue weighted by atomic mass is 35.5. The highest BCUT2D eigenvalue weighted by molar-refractivity contribution is 7.85. The van der Waals surface area contributed by atoms with Gasteiger partial charge in [-0.25, -0.2) is 17.2 Å². The van der Waals surface area contributed by atoms with E-state index in [0.717, 1.165) is 28.2 Å². The van der Waals surface area contributed by atoms with Crippen LogP contribution in [0, 0.1) is 46.6 Å². The van der Waals surface area contributed by atoms with Crippen LogP contribution >= 0.6 is 46.4 Å². The molecule has 6 rings (SSSR count). The number of hydrogen-bond acceptors (Lipinski definition) is 9. The number of benzene rings is 5. The summed E-state index contributed by atoms with van der Waals surface area (Å²) < 4.78 is 100. The van der Waals surface area contributed by atoms with Crippen LogP contribution in [0.3, 0.4) is 0 Å². The first-order valence-electron chi connectivity index (χ1n) is 20.4. The van der Waals surface area contributed by atoms with Crippen molar-refractivity contribution in [2.75, 3.05) is 10.2 Å². The molecule has 1 saturated heterocycles. The Hall–Kier alpha value is -5.83. The van der Waals surface area contributed by atoms with Gasteiger partial charge in [0.1, 0.15) is 21.8 Å². The minimum atomic E-state index is -5.27. The lowest BCUT2D eigenvalue weighted by Crippen LogP contribution is -2.59. The summed E-state index contributed by atoms with van der Waals surface area (Å²) in [7, 11) is -4.27. The minimum absolute atomic E-state index is 0.0464. The first-order valence-corrected chi connectivity index (χ1v) is 23.3. The molecule has 70 heavy (non-hydrogen) atoms. The number of halogens is 9. The Kier molecular flexibility index (Phi) is 17.9. The third-order valence-corrected chi connectivity index (χ3v) is 12.5. The van der Waals surface area contributed by atoms with Crippen molar-refractivity contribution < 1.29 is 49.3 Å². The Bertz CT molecular complexity index is 2930. The second kappa shape index (κ2) is 22.1. The number of aryl methyl sites for hydroxylation is 1. The van der Waals surface area contributed by atoms with Crippen molar-refractivity contribution in [3.05, 3.63) is 157 Å². The molecule has 0 radical (unpaired) electrons.